The zero-order valence-electron chi connectivity index (χ0n) is 9.67. The molecule has 2 atom stereocenters. The summed E-state index contributed by atoms with van der Waals surface area (Å²) in [7, 11) is 0. The molecular formula is C15H11GeO2. The van der Waals surface area contributed by atoms with Crippen LogP contribution in [-0.4, -0.2) is 22.3 Å². The fourth-order valence-corrected chi connectivity index (χ4v) is 3.06. The van der Waals surface area contributed by atoms with Crippen molar-refractivity contribution in [2.75, 3.05) is 0 Å². The standard InChI is InChI=1S/C15H11GeO2/c16-13-14(17)11-8-4-5-9-12(11)18-15(13)10-6-2-1-3-7-10/h1-9,13,15H. The Hall–Kier alpha value is -1.55. The molecule has 1 heterocycles. The molecule has 0 N–H and O–H groups in total. The van der Waals surface area contributed by atoms with Gasteiger partial charge in [0.2, 0.25) is 0 Å². The van der Waals surface area contributed by atoms with Crippen molar-refractivity contribution in [1.82, 2.24) is 0 Å². The van der Waals surface area contributed by atoms with E-state index in [4.69, 9.17) is 4.74 Å². The van der Waals surface area contributed by atoms with Crippen LogP contribution in [0.2, 0.25) is 4.75 Å². The summed E-state index contributed by atoms with van der Waals surface area (Å²) in [5, 5.41) is 0. The summed E-state index contributed by atoms with van der Waals surface area (Å²) < 4.78 is 5.83. The van der Waals surface area contributed by atoms with Gasteiger partial charge in [-0.15, -0.1) is 0 Å². The number of hydrogen-bond acceptors (Lipinski definition) is 2. The van der Waals surface area contributed by atoms with Gasteiger partial charge in [-0.05, 0) is 0 Å². The Balaban J connectivity index is 2.04. The van der Waals surface area contributed by atoms with Gasteiger partial charge in [-0.3, -0.25) is 0 Å². The van der Waals surface area contributed by atoms with Crippen molar-refractivity contribution < 1.29 is 9.53 Å². The first kappa shape index (κ1) is 11.5. The Labute approximate surface area is 114 Å². The monoisotopic (exact) mass is 297 g/mol. The van der Waals surface area contributed by atoms with Crippen molar-refractivity contribution in [1.29, 1.82) is 0 Å². The van der Waals surface area contributed by atoms with Gasteiger partial charge in [-0.25, -0.2) is 0 Å². The van der Waals surface area contributed by atoms with Crippen LogP contribution < -0.4 is 4.74 Å². The molecule has 0 saturated heterocycles. The Morgan fingerprint density at radius 2 is 1.61 bits per heavy atom. The molecule has 2 aromatic rings. The average molecular weight is 296 g/mol. The molecule has 0 bridgehead atoms. The molecule has 18 heavy (non-hydrogen) atoms. The van der Waals surface area contributed by atoms with Crippen molar-refractivity contribution >= 4 is 22.3 Å². The number of Topliss-reactive ketones (excluding diaryl/α,β-unsaturated/α-hetero) is 1. The second-order valence-electron chi connectivity index (χ2n) is 4.29. The molecule has 0 amide bonds. The molecule has 2 unspecified atom stereocenters. The van der Waals surface area contributed by atoms with Gasteiger partial charge in [-0.1, -0.05) is 0 Å². The SMILES string of the molecule is O=C1c2ccccc2OC(c2ccccc2)[CH]1[Ge]. The summed E-state index contributed by atoms with van der Waals surface area (Å²) in [6.45, 7) is 0. The number of ketones is 1. The van der Waals surface area contributed by atoms with Gasteiger partial charge in [0, 0.05) is 0 Å². The van der Waals surface area contributed by atoms with E-state index in [9.17, 15) is 4.79 Å². The van der Waals surface area contributed by atoms with Gasteiger partial charge < -0.3 is 0 Å². The molecule has 0 aromatic heterocycles. The van der Waals surface area contributed by atoms with Crippen LogP contribution in [-0.2, 0) is 0 Å². The zero-order valence-corrected chi connectivity index (χ0v) is 11.8. The van der Waals surface area contributed by atoms with E-state index in [1.165, 1.54) is 0 Å². The molecule has 0 aliphatic carbocycles. The number of fused-ring (bicyclic) bond motifs is 1. The Morgan fingerprint density at radius 1 is 0.944 bits per heavy atom. The molecule has 0 spiro atoms. The maximum atomic E-state index is 12.3. The van der Waals surface area contributed by atoms with E-state index >= 15 is 0 Å². The number of para-hydroxylation sites is 1. The summed E-state index contributed by atoms with van der Waals surface area (Å²) in [6.07, 6.45) is -0.186. The van der Waals surface area contributed by atoms with Crippen LogP contribution in [0.4, 0.5) is 0 Å². The first-order valence-corrected chi connectivity index (χ1v) is 7.04. The minimum atomic E-state index is -0.186. The van der Waals surface area contributed by atoms with Crippen LogP contribution in [0.3, 0.4) is 0 Å². The number of hydrogen-bond donors (Lipinski definition) is 0. The predicted octanol–water partition coefficient (Wildman–Crippen LogP) is 2.96. The van der Waals surface area contributed by atoms with Gasteiger partial charge in [0.15, 0.2) is 0 Å². The second-order valence-corrected chi connectivity index (χ2v) is 5.59. The van der Waals surface area contributed by atoms with Crippen molar-refractivity contribution in [2.24, 2.45) is 0 Å². The third-order valence-corrected chi connectivity index (χ3v) is 4.31. The van der Waals surface area contributed by atoms with Crippen molar-refractivity contribution in [3.05, 3.63) is 65.7 Å². The summed E-state index contributed by atoms with van der Waals surface area (Å²) in [4.78, 5) is 12.3. The normalized spacial score (nSPS) is 22.2. The Morgan fingerprint density at radius 3 is 2.39 bits per heavy atom. The molecule has 3 rings (SSSR count). The van der Waals surface area contributed by atoms with Crippen molar-refractivity contribution in [3.63, 3.8) is 0 Å². The first-order chi connectivity index (χ1) is 8.77. The van der Waals surface area contributed by atoms with Crippen LogP contribution >= 0.6 is 0 Å². The zero-order chi connectivity index (χ0) is 12.5. The third kappa shape index (κ3) is 1.86. The number of rotatable bonds is 1. The average Bonchev–Trinajstić information content (AvgIpc) is 2.44. The van der Waals surface area contributed by atoms with E-state index < -0.39 is 0 Å². The van der Waals surface area contributed by atoms with E-state index in [1.807, 2.05) is 71.1 Å². The van der Waals surface area contributed by atoms with Gasteiger partial charge >= 0.3 is 114 Å². The second kappa shape index (κ2) is 4.61. The molecule has 1 aliphatic rings. The van der Waals surface area contributed by atoms with Crippen LogP contribution in [0.15, 0.2) is 54.6 Å². The molecule has 3 radical (unpaired) electrons. The van der Waals surface area contributed by atoms with Gasteiger partial charge in [-0.2, -0.15) is 0 Å². The Kier molecular flexibility index (Phi) is 2.96. The molecule has 87 valence electrons. The summed E-state index contributed by atoms with van der Waals surface area (Å²) in [5.41, 5.74) is 1.74. The van der Waals surface area contributed by atoms with Crippen LogP contribution in [0.5, 0.6) is 5.75 Å². The van der Waals surface area contributed by atoms with Crippen LogP contribution in [0, 0.1) is 0 Å². The number of carbonyl (C=O) groups is 1. The van der Waals surface area contributed by atoms with Gasteiger partial charge in [0.1, 0.15) is 0 Å². The first-order valence-electron chi connectivity index (χ1n) is 5.83. The topological polar surface area (TPSA) is 26.3 Å². The summed E-state index contributed by atoms with van der Waals surface area (Å²) >= 11 is 1.93. The van der Waals surface area contributed by atoms with Crippen LogP contribution in [0.25, 0.3) is 0 Å². The molecule has 1 aliphatic heterocycles. The molecule has 2 aromatic carbocycles. The van der Waals surface area contributed by atoms with Crippen molar-refractivity contribution in [2.45, 2.75) is 10.9 Å². The fourth-order valence-electron chi connectivity index (χ4n) is 2.19. The molecule has 0 fully saturated rings. The molecule has 3 heteroatoms. The van der Waals surface area contributed by atoms with Crippen molar-refractivity contribution in [3.8, 4) is 5.75 Å². The Bertz CT molecular complexity index is 580. The van der Waals surface area contributed by atoms with Gasteiger partial charge in [0.05, 0.1) is 0 Å². The molecular weight excluding hydrogens is 285 g/mol. The van der Waals surface area contributed by atoms with Crippen LogP contribution in [0.1, 0.15) is 22.0 Å². The molecule has 0 saturated carbocycles. The van der Waals surface area contributed by atoms with E-state index in [2.05, 4.69) is 0 Å². The van der Waals surface area contributed by atoms with E-state index in [0.717, 1.165) is 5.56 Å². The third-order valence-electron chi connectivity index (χ3n) is 3.12. The fraction of sp³-hybridized carbons (Fsp3) is 0.133. The van der Waals surface area contributed by atoms with E-state index in [1.54, 1.807) is 0 Å². The maximum absolute atomic E-state index is 12.3. The predicted molar refractivity (Wildman–Crippen MR) is 70.1 cm³/mol. The molecule has 2 nitrogen and oxygen atoms in total. The number of carbonyl (C=O) groups excluding carboxylic acids is 1. The minimum absolute atomic E-state index is 0.151. The van der Waals surface area contributed by atoms with E-state index in [0.29, 0.717) is 11.3 Å². The summed E-state index contributed by atoms with van der Waals surface area (Å²) in [6, 6.07) is 17.4. The number of ether oxygens (including phenoxy) is 1. The summed E-state index contributed by atoms with van der Waals surface area (Å²) in [5.74, 6) is 0.847. The number of benzene rings is 2. The van der Waals surface area contributed by atoms with Gasteiger partial charge in [0.25, 0.3) is 0 Å². The van der Waals surface area contributed by atoms with E-state index in [-0.39, 0.29) is 16.6 Å². The quantitative estimate of drug-likeness (QED) is 0.756.